The van der Waals surface area contributed by atoms with Crippen LogP contribution in [0.4, 0.5) is 5.69 Å². The van der Waals surface area contributed by atoms with Crippen LogP contribution in [0.25, 0.3) is 22.2 Å². The summed E-state index contributed by atoms with van der Waals surface area (Å²) in [6, 6.07) is 19.6. The number of halogens is 1. The lowest BCUT2D eigenvalue weighted by Gasteiger charge is -2.37. The number of hydrogen-bond donors (Lipinski definition) is 1. The maximum absolute atomic E-state index is 13.5. The predicted molar refractivity (Wildman–Crippen MR) is 162 cm³/mol. The molecule has 5 aliphatic rings. The number of carbonyl (C=O) groups excluding carboxylic acids is 4. The average molecular weight is 605 g/mol. The topological polar surface area (TPSA) is 114 Å². The Hall–Kier alpha value is -4.82. The summed E-state index contributed by atoms with van der Waals surface area (Å²) in [5.41, 5.74) is 2.16. The number of phenolic OH excluding ortho intramolecular Hbond substituents is 1. The number of anilines is 1. The smallest absolute Gasteiger partial charge is 0.339 e. The highest BCUT2D eigenvalue weighted by Gasteiger charge is 2.67. The van der Waals surface area contributed by atoms with E-state index in [0.717, 1.165) is 6.42 Å². The van der Waals surface area contributed by atoms with Gasteiger partial charge in [-0.05, 0) is 66.5 Å². The van der Waals surface area contributed by atoms with E-state index in [9.17, 15) is 24.3 Å². The van der Waals surface area contributed by atoms with Crippen molar-refractivity contribution in [1.29, 1.82) is 0 Å². The molecule has 9 rings (SSSR count). The van der Waals surface area contributed by atoms with E-state index in [1.165, 1.54) is 17.0 Å². The van der Waals surface area contributed by atoms with Crippen LogP contribution in [0, 0.1) is 35.5 Å². The van der Waals surface area contributed by atoms with Crippen molar-refractivity contribution in [3.8, 4) is 17.0 Å². The first-order chi connectivity index (χ1) is 21.3. The van der Waals surface area contributed by atoms with Crippen LogP contribution in [0.15, 0.2) is 84.9 Å². The molecular weight excluding hydrogens is 580 g/mol. The molecule has 1 aliphatic heterocycles. The summed E-state index contributed by atoms with van der Waals surface area (Å²) in [5.74, 6) is -0.962. The number of amides is 2. The Morgan fingerprint density at radius 2 is 1.57 bits per heavy atom. The molecule has 2 bridgehead atoms. The van der Waals surface area contributed by atoms with Crippen molar-refractivity contribution in [2.75, 3.05) is 11.5 Å². The Morgan fingerprint density at radius 3 is 2.25 bits per heavy atom. The predicted octanol–water partition coefficient (Wildman–Crippen LogP) is 5.86. The number of Topliss-reactive ketones (excluding diaryl/α,β-unsaturated/α-hetero) is 1. The van der Waals surface area contributed by atoms with Gasteiger partial charge in [-0.25, -0.2) is 9.78 Å². The van der Waals surface area contributed by atoms with E-state index in [0.29, 0.717) is 44.7 Å². The monoisotopic (exact) mass is 604 g/mol. The van der Waals surface area contributed by atoms with Gasteiger partial charge in [-0.3, -0.25) is 19.3 Å². The lowest BCUT2D eigenvalue weighted by molar-refractivity contribution is -0.124. The van der Waals surface area contributed by atoms with Crippen molar-refractivity contribution < 1.29 is 29.0 Å². The van der Waals surface area contributed by atoms with Gasteiger partial charge in [-0.1, -0.05) is 60.2 Å². The first-order valence-electron chi connectivity index (χ1n) is 14.6. The van der Waals surface area contributed by atoms with E-state index in [1.807, 2.05) is 0 Å². The number of aromatic nitrogens is 1. The van der Waals surface area contributed by atoms with Gasteiger partial charge in [0.1, 0.15) is 5.75 Å². The van der Waals surface area contributed by atoms with Gasteiger partial charge >= 0.3 is 5.97 Å². The van der Waals surface area contributed by atoms with Gasteiger partial charge in [0.15, 0.2) is 6.61 Å². The van der Waals surface area contributed by atoms with E-state index >= 15 is 0 Å². The van der Waals surface area contributed by atoms with Crippen molar-refractivity contribution in [2.24, 2.45) is 35.5 Å². The largest absolute Gasteiger partial charge is 0.507 e. The number of pyridine rings is 1. The maximum Gasteiger partial charge on any atom is 0.339 e. The quantitative estimate of drug-likeness (QED) is 0.127. The van der Waals surface area contributed by atoms with Crippen molar-refractivity contribution in [3.63, 3.8) is 0 Å². The minimum absolute atomic E-state index is 0.0543. The third-order valence-electron chi connectivity index (χ3n) is 9.63. The highest BCUT2D eigenvalue weighted by atomic mass is 35.5. The average Bonchev–Trinajstić information content (AvgIpc) is 3.82. The Bertz CT molecular complexity index is 1920. The molecule has 4 aromatic rings. The SMILES string of the molecule is O=C(COC(=O)c1cc(-c2ccc(N3C(=O)C4C5C=CC(C6CC56)C4C3=O)cc2)nc2c(Cl)cccc12)c1ccccc1O. The van der Waals surface area contributed by atoms with Crippen molar-refractivity contribution in [1.82, 2.24) is 4.98 Å². The number of hydrogen-bond acceptors (Lipinski definition) is 7. The summed E-state index contributed by atoms with van der Waals surface area (Å²) in [6.07, 6.45) is 5.41. The zero-order valence-electron chi connectivity index (χ0n) is 23.2. The lowest BCUT2D eigenvalue weighted by Crippen LogP contribution is -2.40. The second-order valence-corrected chi connectivity index (χ2v) is 12.3. The van der Waals surface area contributed by atoms with Gasteiger partial charge in [0, 0.05) is 10.9 Å². The normalized spacial score (nSPS) is 26.1. The maximum atomic E-state index is 13.5. The molecule has 8 nitrogen and oxygen atoms in total. The van der Waals surface area contributed by atoms with Gasteiger partial charge in [-0.2, -0.15) is 0 Å². The Morgan fingerprint density at radius 1 is 0.886 bits per heavy atom. The molecule has 6 atom stereocenters. The molecule has 1 N–H and O–H groups in total. The molecule has 44 heavy (non-hydrogen) atoms. The summed E-state index contributed by atoms with van der Waals surface area (Å²) in [7, 11) is 0. The molecule has 1 aromatic heterocycles. The molecule has 0 spiro atoms. The molecule has 4 aliphatic carbocycles. The molecule has 2 saturated carbocycles. The van der Waals surface area contributed by atoms with Crippen LogP contribution in [0.5, 0.6) is 5.75 Å². The lowest BCUT2D eigenvalue weighted by atomic mass is 9.63. The summed E-state index contributed by atoms with van der Waals surface area (Å²) in [4.78, 5) is 59.0. The minimum atomic E-state index is -0.751. The second kappa shape index (κ2) is 9.86. The number of aromatic hydroxyl groups is 1. The van der Waals surface area contributed by atoms with Crippen LogP contribution in [0.3, 0.4) is 0 Å². The number of esters is 1. The third-order valence-corrected chi connectivity index (χ3v) is 9.94. The number of imide groups is 1. The standard InChI is InChI=1S/C35H25ClN2O6/c36-26-6-3-5-21-25(35(43)44-16-29(40)22-4-1-2-7-28(22)39)15-27(37-32(21)26)17-8-10-18(11-9-17)38-33(41)30-19-12-13-20(24-14-23(19)24)31(30)34(38)42/h1-13,15,19-20,23-24,30-31,39H,14,16H2. The number of carbonyl (C=O) groups is 4. The number of benzene rings is 3. The molecule has 2 heterocycles. The zero-order chi connectivity index (χ0) is 30.3. The Labute approximate surface area is 256 Å². The van der Waals surface area contributed by atoms with Crippen LogP contribution in [0.2, 0.25) is 5.02 Å². The highest BCUT2D eigenvalue weighted by molar-refractivity contribution is 6.35. The van der Waals surface area contributed by atoms with Crippen molar-refractivity contribution in [3.05, 3.63) is 101 Å². The molecule has 6 unspecified atom stereocenters. The van der Waals surface area contributed by atoms with Crippen molar-refractivity contribution in [2.45, 2.75) is 6.42 Å². The van der Waals surface area contributed by atoms with Crippen LogP contribution in [-0.2, 0) is 14.3 Å². The second-order valence-electron chi connectivity index (χ2n) is 11.9. The van der Waals surface area contributed by atoms with Gasteiger partial charge in [0.05, 0.1) is 44.9 Å². The molecule has 0 radical (unpaired) electrons. The number of nitrogens with zero attached hydrogens (tertiary/aromatic N) is 2. The fourth-order valence-corrected chi connectivity index (χ4v) is 7.74. The number of phenols is 1. The number of fused-ring (bicyclic) bond motifs is 1. The molecule has 218 valence electrons. The Kier molecular flexibility index (Phi) is 6.00. The molecule has 2 amide bonds. The summed E-state index contributed by atoms with van der Waals surface area (Å²) in [5, 5.41) is 10.8. The summed E-state index contributed by atoms with van der Waals surface area (Å²) in [6.45, 7) is -0.566. The minimum Gasteiger partial charge on any atom is -0.507 e. The van der Waals surface area contributed by atoms with Crippen LogP contribution < -0.4 is 4.90 Å². The number of ketones is 1. The molecular formula is C35H25ClN2O6. The number of ether oxygens (including phenoxy) is 1. The number of rotatable bonds is 6. The van der Waals surface area contributed by atoms with Gasteiger partial charge in [-0.15, -0.1) is 0 Å². The van der Waals surface area contributed by atoms with E-state index in [-0.39, 0.29) is 52.4 Å². The third kappa shape index (κ3) is 4.01. The fourth-order valence-electron chi connectivity index (χ4n) is 7.52. The van der Waals surface area contributed by atoms with Crippen LogP contribution in [-0.4, -0.2) is 40.3 Å². The number of para-hydroxylation sites is 2. The number of allylic oxidation sites excluding steroid dienone is 2. The van der Waals surface area contributed by atoms with Crippen molar-refractivity contribution >= 4 is 51.8 Å². The molecule has 3 aromatic carbocycles. The summed E-state index contributed by atoms with van der Waals surface area (Å²) < 4.78 is 5.37. The molecule has 9 heteroatoms. The van der Waals surface area contributed by atoms with E-state index in [2.05, 4.69) is 12.2 Å². The summed E-state index contributed by atoms with van der Waals surface area (Å²) >= 11 is 6.48. The van der Waals surface area contributed by atoms with Gasteiger partial charge in [0.2, 0.25) is 17.6 Å². The van der Waals surface area contributed by atoms with Gasteiger partial charge in [0.25, 0.3) is 0 Å². The zero-order valence-corrected chi connectivity index (χ0v) is 24.0. The van der Waals surface area contributed by atoms with Crippen LogP contribution in [0.1, 0.15) is 27.1 Å². The van der Waals surface area contributed by atoms with E-state index in [4.69, 9.17) is 21.3 Å². The highest BCUT2D eigenvalue weighted by Crippen LogP contribution is 2.65. The van der Waals surface area contributed by atoms with Crippen LogP contribution >= 0.6 is 11.6 Å². The van der Waals surface area contributed by atoms with E-state index in [1.54, 1.807) is 60.7 Å². The van der Waals surface area contributed by atoms with E-state index < -0.39 is 18.4 Å². The first kappa shape index (κ1) is 26.8. The fraction of sp³-hybridized carbons (Fsp3) is 0.229. The first-order valence-corrected chi connectivity index (χ1v) is 14.9. The molecule has 1 saturated heterocycles. The Balaban J connectivity index is 1.08. The molecule has 3 fully saturated rings. The van der Waals surface area contributed by atoms with Gasteiger partial charge < -0.3 is 9.84 Å².